The van der Waals surface area contributed by atoms with Gasteiger partial charge in [-0.1, -0.05) is 23.9 Å². The van der Waals surface area contributed by atoms with Crippen molar-refractivity contribution in [2.75, 3.05) is 0 Å². The summed E-state index contributed by atoms with van der Waals surface area (Å²) in [4.78, 5) is 17.3. The largest absolute Gasteiger partial charge is 0.425 e. The second kappa shape index (κ2) is 5.92. The molecule has 1 aromatic carbocycles. The highest BCUT2D eigenvalue weighted by Gasteiger charge is 2.15. The van der Waals surface area contributed by atoms with Gasteiger partial charge in [-0.05, 0) is 26.0 Å². The predicted octanol–water partition coefficient (Wildman–Crippen LogP) is 2.96. The number of fused-ring (bicyclic) bond motifs is 1. The van der Waals surface area contributed by atoms with Crippen LogP contribution < -0.4 is 5.56 Å². The topological polar surface area (TPSA) is 73.8 Å². The van der Waals surface area contributed by atoms with E-state index < -0.39 is 0 Å². The highest BCUT2D eigenvalue weighted by molar-refractivity contribution is 7.98. The first-order chi connectivity index (χ1) is 10.6. The Balaban J connectivity index is 2.03. The van der Waals surface area contributed by atoms with E-state index in [0.29, 0.717) is 33.6 Å². The molecule has 0 fully saturated rings. The van der Waals surface area contributed by atoms with Crippen molar-refractivity contribution in [2.24, 2.45) is 0 Å². The normalized spacial score (nSPS) is 11.5. The molecule has 6 nitrogen and oxygen atoms in total. The fraction of sp³-hybridized carbons (Fsp3) is 0.333. The van der Waals surface area contributed by atoms with Crippen molar-refractivity contribution in [3.63, 3.8) is 0 Å². The maximum absolute atomic E-state index is 12.7. The maximum Gasteiger partial charge on any atom is 0.262 e. The van der Waals surface area contributed by atoms with Crippen molar-refractivity contribution in [1.82, 2.24) is 19.7 Å². The van der Waals surface area contributed by atoms with E-state index in [-0.39, 0.29) is 11.6 Å². The standard InChI is InChI=1S/C15H16N4O2S/c1-9(2)19-14(20)11-6-4-5-7-12(11)16-15(19)22-8-13-18-17-10(3)21-13/h4-7,9H,8H2,1-3H3. The summed E-state index contributed by atoms with van der Waals surface area (Å²) in [5.74, 6) is 1.54. The lowest BCUT2D eigenvalue weighted by Crippen LogP contribution is -2.25. The lowest BCUT2D eigenvalue weighted by atomic mass is 10.2. The van der Waals surface area contributed by atoms with Gasteiger partial charge >= 0.3 is 0 Å². The van der Waals surface area contributed by atoms with Crippen LogP contribution in [0.25, 0.3) is 10.9 Å². The molecule has 0 aliphatic heterocycles. The molecule has 0 atom stereocenters. The Morgan fingerprint density at radius 3 is 2.73 bits per heavy atom. The number of aromatic nitrogens is 4. The second-order valence-corrected chi connectivity index (χ2v) is 6.13. The Hall–Kier alpha value is -2.15. The average Bonchev–Trinajstić information content (AvgIpc) is 2.90. The van der Waals surface area contributed by atoms with Crippen LogP contribution in [0.4, 0.5) is 0 Å². The second-order valence-electron chi connectivity index (χ2n) is 5.18. The van der Waals surface area contributed by atoms with Crippen molar-refractivity contribution < 1.29 is 4.42 Å². The molecule has 2 heterocycles. The summed E-state index contributed by atoms with van der Waals surface area (Å²) in [6.07, 6.45) is 0. The summed E-state index contributed by atoms with van der Waals surface area (Å²) in [5.41, 5.74) is 0.679. The van der Waals surface area contributed by atoms with Crippen LogP contribution >= 0.6 is 11.8 Å². The van der Waals surface area contributed by atoms with Crippen molar-refractivity contribution in [3.05, 3.63) is 46.4 Å². The number of benzene rings is 1. The molecule has 0 unspecified atom stereocenters. The van der Waals surface area contributed by atoms with Gasteiger partial charge in [0.15, 0.2) is 5.16 Å². The third-order valence-electron chi connectivity index (χ3n) is 3.18. The minimum absolute atomic E-state index is 0.0233. The minimum atomic E-state index is -0.0233. The molecular formula is C15H16N4O2S. The summed E-state index contributed by atoms with van der Waals surface area (Å²) < 4.78 is 7.07. The van der Waals surface area contributed by atoms with Crippen molar-refractivity contribution >= 4 is 22.7 Å². The first-order valence-corrected chi connectivity index (χ1v) is 7.98. The van der Waals surface area contributed by atoms with E-state index in [0.717, 1.165) is 0 Å². The third kappa shape index (κ3) is 2.76. The fourth-order valence-corrected chi connectivity index (χ4v) is 3.17. The van der Waals surface area contributed by atoms with Crippen molar-refractivity contribution in [3.8, 4) is 0 Å². The number of para-hydroxylation sites is 1. The first kappa shape index (κ1) is 14.8. The molecule has 7 heteroatoms. The van der Waals surface area contributed by atoms with E-state index in [2.05, 4.69) is 15.2 Å². The van der Waals surface area contributed by atoms with Crippen LogP contribution in [-0.2, 0) is 5.75 Å². The van der Waals surface area contributed by atoms with Crippen LogP contribution in [0.15, 0.2) is 38.6 Å². The van der Waals surface area contributed by atoms with Crippen LogP contribution in [0.2, 0.25) is 0 Å². The van der Waals surface area contributed by atoms with Gasteiger partial charge < -0.3 is 4.42 Å². The van der Waals surface area contributed by atoms with Crippen LogP contribution in [0, 0.1) is 6.92 Å². The Morgan fingerprint density at radius 2 is 2.05 bits per heavy atom. The molecule has 114 valence electrons. The molecule has 0 aliphatic carbocycles. The van der Waals surface area contributed by atoms with Gasteiger partial charge in [0, 0.05) is 13.0 Å². The lowest BCUT2D eigenvalue weighted by molar-refractivity contribution is 0.484. The Kier molecular flexibility index (Phi) is 3.98. The molecule has 0 spiro atoms. The van der Waals surface area contributed by atoms with E-state index in [1.54, 1.807) is 17.6 Å². The van der Waals surface area contributed by atoms with E-state index >= 15 is 0 Å². The van der Waals surface area contributed by atoms with Gasteiger partial charge in [-0.2, -0.15) is 0 Å². The monoisotopic (exact) mass is 316 g/mol. The molecule has 3 rings (SSSR count). The van der Waals surface area contributed by atoms with Gasteiger partial charge in [-0.3, -0.25) is 9.36 Å². The molecule has 22 heavy (non-hydrogen) atoms. The number of hydrogen-bond donors (Lipinski definition) is 0. The van der Waals surface area contributed by atoms with Crippen LogP contribution in [0.3, 0.4) is 0 Å². The summed E-state index contributed by atoms with van der Waals surface area (Å²) in [6, 6.07) is 7.41. The number of rotatable bonds is 4. The zero-order valence-corrected chi connectivity index (χ0v) is 13.4. The molecule has 0 aliphatic rings. The summed E-state index contributed by atoms with van der Waals surface area (Å²) >= 11 is 1.43. The van der Waals surface area contributed by atoms with Gasteiger partial charge in [-0.25, -0.2) is 4.98 Å². The zero-order chi connectivity index (χ0) is 15.7. The molecule has 2 aromatic heterocycles. The molecule has 0 N–H and O–H groups in total. The fourth-order valence-electron chi connectivity index (χ4n) is 2.20. The van der Waals surface area contributed by atoms with E-state index in [9.17, 15) is 4.79 Å². The first-order valence-electron chi connectivity index (χ1n) is 6.99. The molecular weight excluding hydrogens is 300 g/mol. The Labute approximate surface area is 131 Å². The predicted molar refractivity (Wildman–Crippen MR) is 85.0 cm³/mol. The van der Waals surface area contributed by atoms with E-state index in [1.807, 2.05) is 32.0 Å². The summed E-state index contributed by atoms with van der Waals surface area (Å²) in [6.45, 7) is 5.69. The highest BCUT2D eigenvalue weighted by Crippen LogP contribution is 2.23. The number of thioether (sulfide) groups is 1. The number of aryl methyl sites for hydroxylation is 1. The summed E-state index contributed by atoms with van der Waals surface area (Å²) in [5, 5.41) is 9.07. The van der Waals surface area contributed by atoms with Gasteiger partial charge in [0.25, 0.3) is 5.56 Å². The molecule has 3 aromatic rings. The minimum Gasteiger partial charge on any atom is -0.425 e. The van der Waals surface area contributed by atoms with E-state index in [4.69, 9.17) is 4.42 Å². The van der Waals surface area contributed by atoms with Crippen molar-refractivity contribution in [1.29, 1.82) is 0 Å². The average molecular weight is 316 g/mol. The molecule has 0 saturated carbocycles. The quantitative estimate of drug-likeness (QED) is 0.544. The van der Waals surface area contributed by atoms with Gasteiger partial charge in [0.05, 0.1) is 16.7 Å². The highest BCUT2D eigenvalue weighted by atomic mass is 32.2. The lowest BCUT2D eigenvalue weighted by Gasteiger charge is -2.15. The molecule has 0 radical (unpaired) electrons. The zero-order valence-electron chi connectivity index (χ0n) is 12.6. The smallest absolute Gasteiger partial charge is 0.262 e. The van der Waals surface area contributed by atoms with Crippen LogP contribution in [-0.4, -0.2) is 19.7 Å². The third-order valence-corrected chi connectivity index (χ3v) is 4.12. The number of nitrogens with zero attached hydrogens (tertiary/aromatic N) is 4. The SMILES string of the molecule is Cc1nnc(CSc2nc3ccccc3c(=O)n2C(C)C)o1. The maximum atomic E-state index is 12.7. The van der Waals surface area contributed by atoms with E-state index in [1.165, 1.54) is 11.8 Å². The van der Waals surface area contributed by atoms with Gasteiger partial charge in [-0.15, -0.1) is 10.2 Å². The molecule has 0 bridgehead atoms. The molecule has 0 amide bonds. The van der Waals surface area contributed by atoms with Gasteiger partial charge in [0.1, 0.15) is 0 Å². The Morgan fingerprint density at radius 1 is 1.27 bits per heavy atom. The molecule has 0 saturated heterocycles. The van der Waals surface area contributed by atoms with Crippen LogP contribution in [0.1, 0.15) is 31.7 Å². The number of hydrogen-bond acceptors (Lipinski definition) is 6. The Bertz CT molecular complexity index is 869. The van der Waals surface area contributed by atoms with Crippen molar-refractivity contribution in [2.45, 2.75) is 37.7 Å². The van der Waals surface area contributed by atoms with Crippen LogP contribution in [0.5, 0.6) is 0 Å². The van der Waals surface area contributed by atoms with Gasteiger partial charge in [0.2, 0.25) is 11.8 Å². The summed E-state index contributed by atoms with van der Waals surface area (Å²) in [7, 11) is 0.